The summed E-state index contributed by atoms with van der Waals surface area (Å²) in [6.45, 7) is 0.874. The van der Waals surface area contributed by atoms with Crippen LogP contribution in [-0.4, -0.2) is 21.6 Å². The highest BCUT2D eigenvalue weighted by Gasteiger charge is 2.14. The Kier molecular flexibility index (Phi) is 3.00. The predicted molar refractivity (Wildman–Crippen MR) is 71.8 cm³/mol. The molecule has 4 nitrogen and oxygen atoms in total. The first-order chi connectivity index (χ1) is 8.86. The number of fused-ring (bicyclic) bond motifs is 1. The summed E-state index contributed by atoms with van der Waals surface area (Å²) in [5.74, 6) is 0.909. The first kappa shape index (κ1) is 11.3. The van der Waals surface area contributed by atoms with Crippen LogP contribution in [0.25, 0.3) is 0 Å². The number of pyridine rings is 1. The summed E-state index contributed by atoms with van der Waals surface area (Å²) in [6, 6.07) is 4.13. The quantitative estimate of drug-likeness (QED) is 0.897. The van der Waals surface area contributed by atoms with Gasteiger partial charge in [-0.1, -0.05) is 6.07 Å². The first-order valence-corrected chi connectivity index (χ1v) is 6.52. The van der Waals surface area contributed by atoms with Crippen molar-refractivity contribution in [1.82, 2.24) is 14.5 Å². The van der Waals surface area contributed by atoms with Gasteiger partial charge >= 0.3 is 0 Å². The van der Waals surface area contributed by atoms with Crippen LogP contribution in [-0.2, 0) is 19.4 Å². The molecule has 1 aliphatic rings. The summed E-state index contributed by atoms with van der Waals surface area (Å²) < 4.78 is 2.27. The molecule has 0 fully saturated rings. The van der Waals surface area contributed by atoms with Crippen molar-refractivity contribution in [3.05, 3.63) is 41.6 Å². The van der Waals surface area contributed by atoms with Gasteiger partial charge in [-0.3, -0.25) is 0 Å². The van der Waals surface area contributed by atoms with E-state index in [4.69, 9.17) is 0 Å². The lowest BCUT2D eigenvalue weighted by molar-refractivity contribution is 0.628. The van der Waals surface area contributed by atoms with Gasteiger partial charge in [0.15, 0.2) is 0 Å². The second kappa shape index (κ2) is 4.80. The average molecular weight is 242 g/mol. The minimum atomic E-state index is 0.874. The van der Waals surface area contributed by atoms with Gasteiger partial charge in [-0.05, 0) is 37.3 Å². The number of nitrogens with zero attached hydrogens (tertiary/aromatic N) is 3. The van der Waals surface area contributed by atoms with Crippen molar-refractivity contribution in [3.8, 4) is 0 Å². The highest BCUT2D eigenvalue weighted by atomic mass is 15.1. The summed E-state index contributed by atoms with van der Waals surface area (Å²) >= 11 is 0. The average Bonchev–Trinajstić information content (AvgIpc) is 2.83. The third-order valence-electron chi connectivity index (χ3n) is 3.54. The lowest BCUT2D eigenvalue weighted by Crippen LogP contribution is -2.09. The highest BCUT2D eigenvalue weighted by Crippen LogP contribution is 2.20. The standard InChI is InChI=1S/C14H18N4/c1-15-14-7-6-11(8-16-14)9-18-10-17-12-4-2-3-5-13(12)18/h6-8,10H,2-5,9H2,1H3,(H,15,16). The molecule has 0 bridgehead atoms. The fourth-order valence-corrected chi connectivity index (χ4v) is 2.53. The van der Waals surface area contributed by atoms with E-state index in [9.17, 15) is 0 Å². The molecule has 0 amide bonds. The minimum absolute atomic E-state index is 0.874. The van der Waals surface area contributed by atoms with Crippen LogP contribution in [0.4, 0.5) is 5.82 Å². The van der Waals surface area contributed by atoms with Crippen LogP contribution in [0.15, 0.2) is 24.7 Å². The number of hydrogen-bond donors (Lipinski definition) is 1. The molecule has 1 aliphatic carbocycles. The Balaban J connectivity index is 1.81. The van der Waals surface area contributed by atoms with E-state index in [1.54, 1.807) is 0 Å². The van der Waals surface area contributed by atoms with Crippen molar-refractivity contribution in [2.75, 3.05) is 12.4 Å². The van der Waals surface area contributed by atoms with E-state index in [1.807, 2.05) is 25.6 Å². The van der Waals surface area contributed by atoms with Crippen molar-refractivity contribution in [1.29, 1.82) is 0 Å². The van der Waals surface area contributed by atoms with E-state index < -0.39 is 0 Å². The second-order valence-electron chi connectivity index (χ2n) is 4.77. The van der Waals surface area contributed by atoms with Crippen LogP contribution in [0.2, 0.25) is 0 Å². The minimum Gasteiger partial charge on any atom is -0.373 e. The largest absolute Gasteiger partial charge is 0.373 e. The fraction of sp³-hybridized carbons (Fsp3) is 0.429. The lowest BCUT2D eigenvalue weighted by atomic mass is 10.0. The van der Waals surface area contributed by atoms with Gasteiger partial charge < -0.3 is 9.88 Å². The zero-order chi connectivity index (χ0) is 12.4. The normalized spacial score (nSPS) is 14.3. The number of aromatic nitrogens is 3. The van der Waals surface area contributed by atoms with Gasteiger partial charge in [-0.25, -0.2) is 9.97 Å². The van der Waals surface area contributed by atoms with E-state index in [-0.39, 0.29) is 0 Å². The van der Waals surface area contributed by atoms with Gasteiger partial charge in [0.1, 0.15) is 5.82 Å². The fourth-order valence-electron chi connectivity index (χ4n) is 2.53. The van der Waals surface area contributed by atoms with E-state index in [0.29, 0.717) is 0 Å². The maximum Gasteiger partial charge on any atom is 0.125 e. The van der Waals surface area contributed by atoms with Crippen LogP contribution in [0, 0.1) is 0 Å². The molecule has 94 valence electrons. The molecule has 4 heteroatoms. The number of anilines is 1. The van der Waals surface area contributed by atoms with Crippen molar-refractivity contribution >= 4 is 5.82 Å². The molecule has 0 aromatic carbocycles. The first-order valence-electron chi connectivity index (χ1n) is 6.52. The molecule has 0 atom stereocenters. The zero-order valence-electron chi connectivity index (χ0n) is 10.7. The summed E-state index contributed by atoms with van der Waals surface area (Å²) in [5, 5.41) is 3.03. The van der Waals surface area contributed by atoms with E-state index in [2.05, 4.69) is 25.9 Å². The molecule has 0 aliphatic heterocycles. The SMILES string of the molecule is CNc1ccc(Cn2cnc3c2CCCC3)cn1. The summed E-state index contributed by atoms with van der Waals surface area (Å²) in [5.41, 5.74) is 3.93. The van der Waals surface area contributed by atoms with Crippen LogP contribution >= 0.6 is 0 Å². The Labute approximate surface area is 107 Å². The Bertz CT molecular complexity index is 527. The van der Waals surface area contributed by atoms with Gasteiger partial charge in [0, 0.05) is 18.9 Å². The van der Waals surface area contributed by atoms with Crippen molar-refractivity contribution in [3.63, 3.8) is 0 Å². The molecule has 2 heterocycles. The van der Waals surface area contributed by atoms with Crippen molar-refractivity contribution in [2.24, 2.45) is 0 Å². The van der Waals surface area contributed by atoms with Gasteiger partial charge in [-0.15, -0.1) is 0 Å². The summed E-state index contributed by atoms with van der Waals surface area (Å²) in [6.07, 6.45) is 8.78. The number of nitrogens with one attached hydrogen (secondary N) is 1. The molecule has 3 rings (SSSR count). The maximum atomic E-state index is 4.52. The van der Waals surface area contributed by atoms with Gasteiger partial charge in [0.05, 0.1) is 18.6 Å². The highest BCUT2D eigenvalue weighted by molar-refractivity contribution is 5.34. The molecule has 2 aromatic heterocycles. The van der Waals surface area contributed by atoms with Gasteiger partial charge in [0.25, 0.3) is 0 Å². The number of aryl methyl sites for hydroxylation is 1. The predicted octanol–water partition coefficient (Wildman–Crippen LogP) is 2.25. The number of imidazole rings is 1. The lowest BCUT2D eigenvalue weighted by Gasteiger charge is -2.14. The van der Waals surface area contributed by atoms with Gasteiger partial charge in [0.2, 0.25) is 0 Å². The molecular weight excluding hydrogens is 224 g/mol. The molecule has 0 spiro atoms. The smallest absolute Gasteiger partial charge is 0.125 e. The molecule has 0 saturated heterocycles. The maximum absolute atomic E-state index is 4.52. The molecule has 2 aromatic rings. The van der Waals surface area contributed by atoms with Gasteiger partial charge in [-0.2, -0.15) is 0 Å². The Morgan fingerprint density at radius 2 is 2.11 bits per heavy atom. The van der Waals surface area contributed by atoms with Crippen LogP contribution in [0.1, 0.15) is 29.8 Å². The summed E-state index contributed by atoms with van der Waals surface area (Å²) in [7, 11) is 1.88. The third-order valence-corrected chi connectivity index (χ3v) is 3.54. The molecule has 0 radical (unpaired) electrons. The third kappa shape index (κ3) is 2.10. The molecular formula is C14H18N4. The van der Waals surface area contributed by atoms with Crippen LogP contribution in [0.3, 0.4) is 0 Å². The topological polar surface area (TPSA) is 42.7 Å². The number of hydrogen-bond acceptors (Lipinski definition) is 3. The van der Waals surface area contributed by atoms with Crippen LogP contribution < -0.4 is 5.32 Å². The van der Waals surface area contributed by atoms with Crippen molar-refractivity contribution < 1.29 is 0 Å². The Hall–Kier alpha value is -1.84. The van der Waals surface area contributed by atoms with Crippen molar-refractivity contribution in [2.45, 2.75) is 32.2 Å². The molecule has 18 heavy (non-hydrogen) atoms. The molecule has 1 N–H and O–H groups in total. The molecule has 0 unspecified atom stereocenters. The zero-order valence-corrected chi connectivity index (χ0v) is 10.7. The monoisotopic (exact) mass is 242 g/mol. The Morgan fingerprint density at radius 3 is 2.89 bits per heavy atom. The van der Waals surface area contributed by atoms with E-state index in [0.717, 1.165) is 25.2 Å². The van der Waals surface area contributed by atoms with E-state index >= 15 is 0 Å². The van der Waals surface area contributed by atoms with E-state index in [1.165, 1.54) is 29.8 Å². The number of rotatable bonds is 3. The molecule has 0 saturated carbocycles. The second-order valence-corrected chi connectivity index (χ2v) is 4.77. The Morgan fingerprint density at radius 1 is 1.22 bits per heavy atom. The summed E-state index contributed by atoms with van der Waals surface area (Å²) in [4.78, 5) is 8.86. The van der Waals surface area contributed by atoms with Crippen LogP contribution in [0.5, 0.6) is 0 Å².